The molecule has 2 heterocycles. The number of fused-ring (bicyclic) bond motifs is 2. The number of nitrogens with one attached hydrogen (secondary N) is 1. The van der Waals surface area contributed by atoms with E-state index in [1.54, 1.807) is 18.2 Å². The highest BCUT2D eigenvalue weighted by Gasteiger charge is 2.17. The minimum absolute atomic E-state index is 0.148. The second-order valence-corrected chi connectivity index (χ2v) is 9.36. The van der Waals surface area contributed by atoms with E-state index in [1.807, 2.05) is 5.38 Å². The minimum Gasteiger partial charge on any atom is -0.495 e. The van der Waals surface area contributed by atoms with Crippen molar-refractivity contribution in [2.75, 3.05) is 12.4 Å². The molecule has 0 unspecified atom stereocenters. The van der Waals surface area contributed by atoms with Gasteiger partial charge in [-0.2, -0.15) is 0 Å². The molecule has 0 saturated heterocycles. The van der Waals surface area contributed by atoms with Gasteiger partial charge < -0.3 is 10.1 Å². The molecule has 1 aliphatic rings. The molecular formula is C25H22ClN3O3S. The normalized spacial score (nSPS) is 13.0. The van der Waals surface area contributed by atoms with E-state index in [4.69, 9.17) is 16.3 Å². The van der Waals surface area contributed by atoms with Crippen LogP contribution in [0, 0.1) is 0 Å². The zero-order valence-electron chi connectivity index (χ0n) is 18.1. The lowest BCUT2D eigenvalue weighted by molar-refractivity contribution is -0.116. The van der Waals surface area contributed by atoms with Crippen LogP contribution in [-0.4, -0.2) is 22.6 Å². The van der Waals surface area contributed by atoms with E-state index in [9.17, 15) is 9.59 Å². The van der Waals surface area contributed by atoms with E-state index in [0.717, 1.165) is 24.0 Å². The Morgan fingerprint density at radius 3 is 2.79 bits per heavy atom. The number of halogens is 1. The van der Waals surface area contributed by atoms with Crippen LogP contribution in [0.4, 0.5) is 5.69 Å². The summed E-state index contributed by atoms with van der Waals surface area (Å²) in [6.07, 6.45) is 6.04. The maximum absolute atomic E-state index is 13.3. The molecule has 1 N–H and O–H groups in total. The number of ether oxygens (including phenoxy) is 1. The van der Waals surface area contributed by atoms with Crippen molar-refractivity contribution in [1.29, 1.82) is 0 Å². The number of rotatable bonds is 5. The zero-order chi connectivity index (χ0) is 22.9. The van der Waals surface area contributed by atoms with Crippen molar-refractivity contribution in [1.82, 2.24) is 9.55 Å². The summed E-state index contributed by atoms with van der Waals surface area (Å²) in [6.45, 7) is -0.148. The summed E-state index contributed by atoms with van der Waals surface area (Å²) in [5, 5.41) is 5.69. The maximum Gasteiger partial charge on any atom is 0.263 e. The third kappa shape index (κ3) is 4.26. The van der Waals surface area contributed by atoms with Crippen molar-refractivity contribution in [2.24, 2.45) is 0 Å². The van der Waals surface area contributed by atoms with Crippen LogP contribution in [0.1, 0.15) is 24.0 Å². The van der Waals surface area contributed by atoms with Gasteiger partial charge in [0.25, 0.3) is 5.56 Å². The smallest absolute Gasteiger partial charge is 0.263 e. The van der Waals surface area contributed by atoms with Gasteiger partial charge in [0.05, 0.1) is 23.8 Å². The Labute approximate surface area is 199 Å². The lowest BCUT2D eigenvalue weighted by atomic mass is 9.89. The van der Waals surface area contributed by atoms with Crippen LogP contribution in [0.15, 0.2) is 52.9 Å². The molecule has 0 fully saturated rings. The van der Waals surface area contributed by atoms with Crippen LogP contribution in [0.2, 0.25) is 5.02 Å². The molecule has 1 aliphatic carbocycles. The van der Waals surface area contributed by atoms with Gasteiger partial charge in [0.1, 0.15) is 17.1 Å². The fourth-order valence-electron chi connectivity index (χ4n) is 4.29. The number of carbonyl (C=O) groups excluding carboxylic acids is 1. The molecule has 0 bridgehead atoms. The molecule has 0 aliphatic heterocycles. The Morgan fingerprint density at radius 1 is 1.18 bits per heavy atom. The third-order valence-corrected chi connectivity index (χ3v) is 7.15. The molecular weight excluding hydrogens is 458 g/mol. The number of nitrogens with zero attached hydrogens (tertiary/aromatic N) is 2. The van der Waals surface area contributed by atoms with Gasteiger partial charge in [-0.05, 0) is 60.6 Å². The summed E-state index contributed by atoms with van der Waals surface area (Å²) in [5.74, 6) is 0.178. The number of methoxy groups -OCH3 is 1. The van der Waals surface area contributed by atoms with E-state index >= 15 is 0 Å². The first-order chi connectivity index (χ1) is 16.0. The lowest BCUT2D eigenvalue weighted by Crippen LogP contribution is -2.27. The van der Waals surface area contributed by atoms with Gasteiger partial charge in [-0.1, -0.05) is 29.8 Å². The largest absolute Gasteiger partial charge is 0.495 e. The summed E-state index contributed by atoms with van der Waals surface area (Å²) in [4.78, 5) is 31.0. The van der Waals surface area contributed by atoms with E-state index in [0.29, 0.717) is 26.7 Å². The predicted octanol–water partition coefficient (Wildman–Crippen LogP) is 5.30. The number of amides is 1. The molecule has 8 heteroatoms. The first-order valence-corrected chi connectivity index (χ1v) is 12.0. The number of aromatic nitrogens is 2. The first-order valence-electron chi connectivity index (χ1n) is 10.8. The highest BCUT2D eigenvalue weighted by atomic mass is 35.5. The van der Waals surface area contributed by atoms with Crippen LogP contribution < -0.4 is 15.6 Å². The molecule has 168 valence electrons. The highest BCUT2D eigenvalue weighted by molar-refractivity contribution is 7.17. The van der Waals surface area contributed by atoms with Crippen molar-refractivity contribution >= 4 is 44.7 Å². The first kappa shape index (κ1) is 21.7. The second kappa shape index (κ2) is 9.00. The number of aryl methyl sites for hydroxylation is 2. The topological polar surface area (TPSA) is 73.2 Å². The fraction of sp³-hybridized carbons (Fsp3) is 0.240. The summed E-state index contributed by atoms with van der Waals surface area (Å²) >= 11 is 7.57. The maximum atomic E-state index is 13.3. The Kier molecular flexibility index (Phi) is 5.91. The SMILES string of the molecule is COc1ccc(NC(=O)Cn2cnc3scc(-c4ccc5c(c4)CCCC5)c3c2=O)cc1Cl. The van der Waals surface area contributed by atoms with Crippen molar-refractivity contribution in [2.45, 2.75) is 32.2 Å². The van der Waals surface area contributed by atoms with Crippen LogP contribution >= 0.6 is 22.9 Å². The van der Waals surface area contributed by atoms with Gasteiger partial charge >= 0.3 is 0 Å². The van der Waals surface area contributed by atoms with Gasteiger partial charge in [0.2, 0.25) is 5.91 Å². The summed E-state index contributed by atoms with van der Waals surface area (Å²) in [7, 11) is 1.53. The van der Waals surface area contributed by atoms with Gasteiger partial charge in [-0.3, -0.25) is 14.2 Å². The second-order valence-electron chi connectivity index (χ2n) is 8.10. The van der Waals surface area contributed by atoms with Crippen molar-refractivity contribution in [3.8, 4) is 16.9 Å². The molecule has 0 spiro atoms. The number of carbonyl (C=O) groups is 1. The number of hydrogen-bond donors (Lipinski definition) is 1. The molecule has 5 rings (SSSR count). The summed E-state index contributed by atoms with van der Waals surface area (Å²) < 4.78 is 6.48. The zero-order valence-corrected chi connectivity index (χ0v) is 19.6. The molecule has 2 aromatic carbocycles. The Morgan fingerprint density at radius 2 is 2.00 bits per heavy atom. The Bertz CT molecular complexity index is 1430. The molecule has 2 aromatic heterocycles. The van der Waals surface area contributed by atoms with Crippen molar-refractivity contribution in [3.05, 3.63) is 74.6 Å². The van der Waals surface area contributed by atoms with Gasteiger partial charge in [0.15, 0.2) is 0 Å². The molecule has 33 heavy (non-hydrogen) atoms. The van der Waals surface area contributed by atoms with Crippen molar-refractivity contribution in [3.63, 3.8) is 0 Å². The van der Waals surface area contributed by atoms with E-state index in [-0.39, 0.29) is 18.0 Å². The molecule has 1 amide bonds. The van der Waals surface area contributed by atoms with Gasteiger partial charge in [0, 0.05) is 16.6 Å². The minimum atomic E-state index is -0.343. The van der Waals surface area contributed by atoms with Crippen molar-refractivity contribution < 1.29 is 9.53 Å². The average Bonchev–Trinajstić information content (AvgIpc) is 3.26. The van der Waals surface area contributed by atoms with Gasteiger partial charge in [-0.15, -0.1) is 11.3 Å². The van der Waals surface area contributed by atoms with E-state index in [1.165, 1.54) is 53.3 Å². The van der Waals surface area contributed by atoms with E-state index < -0.39 is 0 Å². The summed E-state index contributed by atoms with van der Waals surface area (Å²) in [6, 6.07) is 11.4. The summed E-state index contributed by atoms with van der Waals surface area (Å²) in [5.41, 5.74) is 4.96. The van der Waals surface area contributed by atoms with Crippen LogP contribution in [0.5, 0.6) is 5.75 Å². The lowest BCUT2D eigenvalue weighted by Gasteiger charge is -2.16. The predicted molar refractivity (Wildman–Crippen MR) is 133 cm³/mol. The molecule has 6 nitrogen and oxygen atoms in total. The standard InChI is InChI=1S/C25H22ClN3O3S/c1-32-21-9-8-18(11-20(21)26)28-22(30)12-29-14-27-24-23(25(29)31)19(13-33-24)17-7-6-15-4-2-3-5-16(15)10-17/h6-11,13-14H,2-5,12H2,1H3,(H,28,30). The molecule has 0 radical (unpaired) electrons. The van der Waals surface area contributed by atoms with Crippen LogP contribution in [-0.2, 0) is 24.2 Å². The number of benzene rings is 2. The molecule has 0 atom stereocenters. The number of hydrogen-bond acceptors (Lipinski definition) is 5. The monoisotopic (exact) mass is 479 g/mol. The highest BCUT2D eigenvalue weighted by Crippen LogP contribution is 2.33. The molecule has 0 saturated carbocycles. The molecule has 4 aromatic rings. The van der Waals surface area contributed by atoms with Gasteiger partial charge in [-0.25, -0.2) is 4.98 Å². The fourth-order valence-corrected chi connectivity index (χ4v) is 5.46. The van der Waals surface area contributed by atoms with E-state index in [2.05, 4.69) is 28.5 Å². The third-order valence-electron chi connectivity index (χ3n) is 5.97. The average molecular weight is 480 g/mol. The Hall–Kier alpha value is -3.16. The van der Waals surface area contributed by atoms with Crippen LogP contribution in [0.25, 0.3) is 21.3 Å². The Balaban J connectivity index is 1.43. The number of anilines is 1. The quantitative estimate of drug-likeness (QED) is 0.421. The number of thiophene rings is 1. The van der Waals surface area contributed by atoms with Crippen LogP contribution in [0.3, 0.4) is 0 Å².